The Morgan fingerprint density at radius 1 is 1.00 bits per heavy atom. The van der Waals surface area contributed by atoms with Gasteiger partial charge in [0, 0.05) is 38.3 Å². The number of hydrogen-bond donors (Lipinski definition) is 1. The molecule has 0 radical (unpaired) electrons. The summed E-state index contributed by atoms with van der Waals surface area (Å²) in [6, 6.07) is 25.6. The number of carbonyl (C=O) groups is 1. The lowest BCUT2D eigenvalue weighted by atomic mass is 9.97. The van der Waals surface area contributed by atoms with E-state index in [0.29, 0.717) is 16.8 Å². The third-order valence-corrected chi connectivity index (χ3v) is 6.82. The Morgan fingerprint density at radius 3 is 2.47 bits per heavy atom. The maximum Gasteiger partial charge on any atom is 0.255 e. The Balaban J connectivity index is 1.19. The highest BCUT2D eigenvalue weighted by atomic mass is 19.1. The van der Waals surface area contributed by atoms with Gasteiger partial charge in [-0.1, -0.05) is 30.3 Å². The molecule has 7 heteroatoms. The maximum atomic E-state index is 13.5. The van der Waals surface area contributed by atoms with Crippen LogP contribution in [0.1, 0.15) is 27.0 Å². The molecule has 1 aliphatic heterocycles. The SMILES string of the molecule is Cc1ccc(C(=O)Nc2ccc(N3CCN(Cc4cccc(F)c4)CC3)nc2)cc1-c1ccc(C#N)cc1. The van der Waals surface area contributed by atoms with Gasteiger partial charge in [0.05, 0.1) is 23.5 Å². The number of rotatable bonds is 6. The first kappa shape index (κ1) is 25.1. The molecule has 0 aliphatic carbocycles. The number of benzene rings is 3. The summed E-state index contributed by atoms with van der Waals surface area (Å²) in [7, 11) is 0. The van der Waals surface area contributed by atoms with Crippen LogP contribution < -0.4 is 10.2 Å². The van der Waals surface area contributed by atoms with E-state index in [-0.39, 0.29) is 11.7 Å². The van der Waals surface area contributed by atoms with Gasteiger partial charge in [0.25, 0.3) is 5.91 Å². The van der Waals surface area contributed by atoms with Crippen molar-refractivity contribution in [3.8, 4) is 17.2 Å². The highest BCUT2D eigenvalue weighted by Crippen LogP contribution is 2.26. The normalized spacial score (nSPS) is 13.7. The second-order valence-corrected chi connectivity index (χ2v) is 9.47. The molecule has 0 unspecified atom stereocenters. The van der Waals surface area contributed by atoms with Crippen LogP contribution in [-0.2, 0) is 6.54 Å². The van der Waals surface area contributed by atoms with Crippen LogP contribution in [0.15, 0.2) is 85.1 Å². The van der Waals surface area contributed by atoms with E-state index in [0.717, 1.165) is 60.8 Å². The molecule has 3 aromatic carbocycles. The molecule has 0 saturated carbocycles. The van der Waals surface area contributed by atoms with Crippen molar-refractivity contribution in [3.05, 3.63) is 113 Å². The number of carbonyl (C=O) groups excluding carboxylic acids is 1. The number of nitrogens with one attached hydrogen (secondary N) is 1. The zero-order valence-corrected chi connectivity index (χ0v) is 21.2. The lowest BCUT2D eigenvalue weighted by Gasteiger charge is -2.35. The fourth-order valence-corrected chi connectivity index (χ4v) is 4.68. The molecule has 0 bridgehead atoms. The first-order chi connectivity index (χ1) is 18.5. The van der Waals surface area contributed by atoms with Gasteiger partial charge in [0.15, 0.2) is 0 Å². The third-order valence-electron chi connectivity index (χ3n) is 6.82. The standard InChI is InChI=1S/C31H28FN5O/c1-22-5-8-26(18-29(22)25-9-6-23(19-33)7-10-25)31(38)35-28-11-12-30(34-20-28)37-15-13-36(14-16-37)21-24-3-2-4-27(32)17-24/h2-12,17-18,20H,13-16,21H2,1H3,(H,35,38). The van der Waals surface area contributed by atoms with E-state index < -0.39 is 0 Å². The molecular formula is C31H28FN5O. The van der Waals surface area contributed by atoms with Crippen molar-refractivity contribution < 1.29 is 9.18 Å². The average molecular weight is 506 g/mol. The molecule has 0 spiro atoms. The van der Waals surface area contributed by atoms with E-state index in [2.05, 4.69) is 26.2 Å². The third kappa shape index (κ3) is 5.88. The fraction of sp³-hybridized carbons (Fsp3) is 0.194. The molecule has 1 aromatic heterocycles. The summed E-state index contributed by atoms with van der Waals surface area (Å²) in [5.41, 5.74) is 5.72. The van der Waals surface area contributed by atoms with Crippen molar-refractivity contribution in [2.45, 2.75) is 13.5 Å². The Bertz CT molecular complexity index is 1470. The molecule has 4 aromatic rings. The number of aryl methyl sites for hydroxylation is 1. The Morgan fingerprint density at radius 2 is 1.79 bits per heavy atom. The number of piperazine rings is 1. The molecule has 1 saturated heterocycles. The lowest BCUT2D eigenvalue weighted by molar-refractivity contribution is 0.102. The zero-order chi connectivity index (χ0) is 26.5. The summed E-state index contributed by atoms with van der Waals surface area (Å²) in [4.78, 5) is 22.1. The number of aromatic nitrogens is 1. The zero-order valence-electron chi connectivity index (χ0n) is 21.2. The second-order valence-electron chi connectivity index (χ2n) is 9.47. The molecular weight excluding hydrogens is 477 g/mol. The maximum absolute atomic E-state index is 13.5. The molecule has 38 heavy (non-hydrogen) atoms. The predicted octanol–water partition coefficient (Wildman–Crippen LogP) is 5.64. The van der Waals surface area contributed by atoms with Crippen molar-refractivity contribution in [2.75, 3.05) is 36.4 Å². The van der Waals surface area contributed by atoms with Gasteiger partial charge in [0.1, 0.15) is 11.6 Å². The van der Waals surface area contributed by atoms with E-state index in [1.165, 1.54) is 6.07 Å². The van der Waals surface area contributed by atoms with Crippen molar-refractivity contribution in [1.29, 1.82) is 5.26 Å². The van der Waals surface area contributed by atoms with Crippen LogP contribution in [0, 0.1) is 24.1 Å². The summed E-state index contributed by atoms with van der Waals surface area (Å²) < 4.78 is 13.5. The summed E-state index contributed by atoms with van der Waals surface area (Å²) in [6.07, 6.45) is 1.68. The molecule has 6 nitrogen and oxygen atoms in total. The van der Waals surface area contributed by atoms with Crippen LogP contribution in [0.3, 0.4) is 0 Å². The minimum absolute atomic E-state index is 0.202. The Hall–Kier alpha value is -4.54. The smallest absolute Gasteiger partial charge is 0.255 e. The van der Waals surface area contributed by atoms with Crippen LogP contribution in [0.5, 0.6) is 0 Å². The molecule has 1 N–H and O–H groups in total. The number of pyridine rings is 1. The van der Waals surface area contributed by atoms with Crippen molar-refractivity contribution in [1.82, 2.24) is 9.88 Å². The van der Waals surface area contributed by atoms with Gasteiger partial charge < -0.3 is 10.2 Å². The first-order valence-electron chi connectivity index (χ1n) is 12.6. The van der Waals surface area contributed by atoms with Crippen LogP contribution in [0.4, 0.5) is 15.9 Å². The highest BCUT2D eigenvalue weighted by molar-refractivity contribution is 6.05. The van der Waals surface area contributed by atoms with Crippen molar-refractivity contribution >= 4 is 17.4 Å². The Labute approximate surface area is 222 Å². The average Bonchev–Trinajstić information content (AvgIpc) is 2.94. The van der Waals surface area contributed by atoms with E-state index >= 15 is 0 Å². The molecule has 1 fully saturated rings. The minimum atomic E-state index is -0.208. The summed E-state index contributed by atoms with van der Waals surface area (Å²) in [5, 5.41) is 12.0. The fourth-order valence-electron chi connectivity index (χ4n) is 4.68. The van der Waals surface area contributed by atoms with Gasteiger partial charge >= 0.3 is 0 Å². The number of hydrogen-bond acceptors (Lipinski definition) is 5. The molecule has 1 aliphatic rings. The van der Waals surface area contributed by atoms with Crippen LogP contribution in [0.2, 0.25) is 0 Å². The molecule has 2 heterocycles. The summed E-state index contributed by atoms with van der Waals surface area (Å²) in [5.74, 6) is 0.457. The lowest BCUT2D eigenvalue weighted by Crippen LogP contribution is -2.46. The van der Waals surface area contributed by atoms with Gasteiger partial charge in [-0.25, -0.2) is 9.37 Å². The second kappa shape index (κ2) is 11.2. The minimum Gasteiger partial charge on any atom is -0.354 e. The molecule has 1 amide bonds. The van der Waals surface area contributed by atoms with Gasteiger partial charge in [-0.15, -0.1) is 0 Å². The molecule has 0 atom stereocenters. The van der Waals surface area contributed by atoms with Crippen LogP contribution in [-0.4, -0.2) is 42.0 Å². The summed E-state index contributed by atoms with van der Waals surface area (Å²) in [6.45, 7) is 6.12. The molecule has 5 rings (SSSR count). The topological polar surface area (TPSA) is 72.3 Å². The van der Waals surface area contributed by atoms with E-state index in [1.807, 2.05) is 55.5 Å². The monoisotopic (exact) mass is 505 g/mol. The summed E-state index contributed by atoms with van der Waals surface area (Å²) >= 11 is 0. The van der Waals surface area contributed by atoms with Gasteiger partial charge in [-0.05, 0) is 77.7 Å². The number of halogens is 1. The van der Waals surface area contributed by atoms with E-state index in [9.17, 15) is 9.18 Å². The van der Waals surface area contributed by atoms with Crippen LogP contribution >= 0.6 is 0 Å². The largest absolute Gasteiger partial charge is 0.354 e. The van der Waals surface area contributed by atoms with Crippen molar-refractivity contribution in [2.24, 2.45) is 0 Å². The number of amides is 1. The highest BCUT2D eigenvalue weighted by Gasteiger charge is 2.18. The first-order valence-corrected chi connectivity index (χ1v) is 12.6. The van der Waals surface area contributed by atoms with Crippen LogP contribution in [0.25, 0.3) is 11.1 Å². The van der Waals surface area contributed by atoms with Crippen molar-refractivity contribution in [3.63, 3.8) is 0 Å². The van der Waals surface area contributed by atoms with Gasteiger partial charge in [-0.2, -0.15) is 5.26 Å². The Kier molecular flexibility index (Phi) is 7.43. The quantitative estimate of drug-likeness (QED) is 0.367. The number of nitriles is 1. The molecule has 190 valence electrons. The van der Waals surface area contributed by atoms with E-state index in [1.54, 1.807) is 30.5 Å². The number of nitrogens with zero attached hydrogens (tertiary/aromatic N) is 4. The van der Waals surface area contributed by atoms with Gasteiger partial charge in [0.2, 0.25) is 0 Å². The van der Waals surface area contributed by atoms with Gasteiger partial charge in [-0.3, -0.25) is 9.69 Å². The van der Waals surface area contributed by atoms with E-state index in [4.69, 9.17) is 5.26 Å². The predicted molar refractivity (Wildman–Crippen MR) is 147 cm³/mol. The number of anilines is 2.